The van der Waals surface area contributed by atoms with Gasteiger partial charge in [-0.05, 0) is 263 Å². The van der Waals surface area contributed by atoms with E-state index in [2.05, 4.69) is 488 Å². The highest BCUT2D eigenvalue weighted by molar-refractivity contribution is 6.38. The Morgan fingerprint density at radius 2 is 0.388 bits per heavy atom. The van der Waals surface area contributed by atoms with E-state index in [1.807, 2.05) is 12.1 Å². The van der Waals surface area contributed by atoms with E-state index in [1.165, 1.54) is 257 Å². The first-order valence-electron chi connectivity index (χ1n) is 50.6. The van der Waals surface area contributed by atoms with Crippen molar-refractivity contribution < 1.29 is 13.3 Å². The lowest BCUT2D eigenvalue weighted by atomic mass is 10.0. The maximum absolute atomic E-state index is 6.47. The van der Waals surface area contributed by atoms with Gasteiger partial charge in [-0.25, -0.2) is 0 Å². The molecule has 9 heterocycles. The van der Waals surface area contributed by atoms with E-state index in [4.69, 9.17) is 13.3 Å². The van der Waals surface area contributed by atoms with Crippen molar-refractivity contribution >= 4 is 229 Å². The summed E-state index contributed by atoms with van der Waals surface area (Å²) in [5.74, 6) is 0. The Morgan fingerprint density at radius 3 is 0.789 bits per heavy atom. The second kappa shape index (κ2) is 29.5. The zero-order valence-corrected chi connectivity index (χ0v) is 78.9. The topological polar surface area (TPSA) is 69.0 Å². The Kier molecular flexibility index (Phi) is 15.8. The molecule has 9 nitrogen and oxygen atoms in total. The molecule has 0 spiro atoms. The lowest BCUT2D eigenvalue weighted by molar-refractivity contribution is 0.669. The van der Waals surface area contributed by atoms with E-state index in [0.717, 1.165) is 72.4 Å². The molecule has 33 aromatic rings. The molecular formula is C138H78N6O3. The van der Waals surface area contributed by atoms with Crippen molar-refractivity contribution in [1.82, 2.24) is 27.4 Å². The molecule has 0 saturated carbocycles. The predicted molar refractivity (Wildman–Crippen MR) is 613 cm³/mol. The van der Waals surface area contributed by atoms with Crippen LogP contribution in [0.25, 0.3) is 330 Å². The number of hydrogen-bond donors (Lipinski definition) is 0. The normalized spacial score (nSPS) is 12.5. The number of rotatable bonds is 6. The molecule has 0 unspecified atom stereocenters. The number of aromatic nitrogens is 6. The van der Waals surface area contributed by atoms with Gasteiger partial charge in [0.15, 0.2) is 0 Å². The first kappa shape index (κ1) is 79.0. The molecule has 0 saturated heterocycles. The van der Waals surface area contributed by atoms with Gasteiger partial charge >= 0.3 is 0 Å². The van der Waals surface area contributed by atoms with Gasteiger partial charge in [0.25, 0.3) is 0 Å². The molecule has 0 amide bonds. The molecule has 9 heteroatoms. The van der Waals surface area contributed by atoms with Crippen LogP contribution in [-0.2, 0) is 0 Å². The van der Waals surface area contributed by atoms with Gasteiger partial charge < -0.3 is 40.7 Å². The summed E-state index contributed by atoms with van der Waals surface area (Å²) in [4.78, 5) is 0. The molecule has 3 aliphatic rings. The van der Waals surface area contributed by atoms with Crippen LogP contribution in [0.1, 0.15) is 0 Å². The lowest BCUT2D eigenvalue weighted by Gasteiger charge is -2.13. The van der Waals surface area contributed by atoms with E-state index in [0.29, 0.717) is 0 Å². The number of nitrogens with zero attached hydrogens (tertiary/aromatic N) is 6. The van der Waals surface area contributed by atoms with E-state index >= 15 is 0 Å². The monoisotopic (exact) mass is 1870 g/mol. The number of hydrogen-bond acceptors (Lipinski definition) is 3. The van der Waals surface area contributed by atoms with Crippen LogP contribution in [0.5, 0.6) is 0 Å². The summed E-state index contributed by atoms with van der Waals surface area (Å²) in [6.45, 7) is 0. The van der Waals surface area contributed by atoms with Crippen LogP contribution in [0.4, 0.5) is 0 Å². The first-order chi connectivity index (χ1) is 73.0. The second-order valence-electron chi connectivity index (χ2n) is 39.8. The Morgan fingerprint density at radius 1 is 0.116 bits per heavy atom. The summed E-state index contributed by atoms with van der Waals surface area (Å²) < 4.78 is 34.1. The summed E-state index contributed by atoms with van der Waals surface area (Å²) in [6.07, 6.45) is 0. The highest BCUT2D eigenvalue weighted by atomic mass is 16.3. The first-order valence-corrected chi connectivity index (χ1v) is 50.6. The Bertz CT molecular complexity index is 11700. The van der Waals surface area contributed by atoms with E-state index in [-0.39, 0.29) is 0 Å². The summed E-state index contributed by atoms with van der Waals surface area (Å²) in [5, 5.41) is 29.6. The molecule has 0 atom stereocenters. The minimum Gasteiger partial charge on any atom is -0.456 e. The third-order valence-corrected chi connectivity index (χ3v) is 32.4. The van der Waals surface area contributed by atoms with Gasteiger partial charge in [-0.2, -0.15) is 0 Å². The highest BCUT2D eigenvalue weighted by Gasteiger charge is 2.33. The quantitative estimate of drug-likeness (QED) is 0.167. The molecule has 0 fully saturated rings. The van der Waals surface area contributed by atoms with E-state index in [1.54, 1.807) is 0 Å². The molecule has 24 aromatic carbocycles. The Balaban J connectivity index is 0.0000000945. The molecule has 9 aromatic heterocycles. The van der Waals surface area contributed by atoms with Crippen LogP contribution >= 0.6 is 0 Å². The van der Waals surface area contributed by atoms with E-state index < -0.39 is 0 Å². The highest BCUT2D eigenvalue weighted by Crippen LogP contribution is 2.57. The Hall–Kier alpha value is -19.7. The fraction of sp³-hybridized carbons (Fsp3) is 0. The van der Waals surface area contributed by atoms with Crippen LogP contribution in [-0.4, -0.2) is 27.4 Å². The molecule has 0 radical (unpaired) electrons. The van der Waals surface area contributed by atoms with Gasteiger partial charge in [0.2, 0.25) is 0 Å². The van der Waals surface area contributed by atoms with Gasteiger partial charge in [0.1, 0.15) is 33.5 Å². The van der Waals surface area contributed by atoms with Crippen molar-refractivity contribution in [3.63, 3.8) is 0 Å². The molecule has 0 aliphatic heterocycles. The molecule has 0 N–H and O–H groups in total. The van der Waals surface area contributed by atoms with Crippen molar-refractivity contribution in [2.45, 2.75) is 0 Å². The fourth-order valence-corrected chi connectivity index (χ4v) is 26.7. The van der Waals surface area contributed by atoms with E-state index in [9.17, 15) is 0 Å². The van der Waals surface area contributed by atoms with Crippen molar-refractivity contribution in [3.05, 3.63) is 473 Å². The Labute approximate surface area is 837 Å². The standard InChI is InChI=1S/3C46H26N2O/c1-2-12-28(13-3-1)48-38-24-25-41-45(34-15-5-7-19-40(34)49-41)43(38)35-22-23-39-44(46(35)48)33-14-4-6-18-37(33)47(39)29-20-21-30-31-16-8-10-27-11-9-17-32(42(27)31)36(30)26-29;1-2-12-28(13-3-1)48-38-23-24-41-45(34-17-7-9-20-40(34)49-41)43(38)35-21-22-39-44(46(35)48)33-16-6-8-19-37(33)47(39)29-25-27-11-10-18-32-30-14-4-5-15-31(30)36(26-29)42(27)32;1-2-12-28(13-3-1)47-37-19-8-6-16-33(37)44-39(47)22-21-35-43-38(23-24-41-45(43)34-17-7-9-20-40(34)49-41)48(46(35)44)29-25-27-11-10-18-32-30-14-4-5-15-31(30)36(26-29)42(27)32/h3*1-26H. The minimum absolute atomic E-state index is 0.912. The van der Waals surface area contributed by atoms with Crippen LogP contribution in [0.15, 0.2) is 486 Å². The van der Waals surface area contributed by atoms with Gasteiger partial charge in [0, 0.05) is 131 Å². The molecule has 147 heavy (non-hydrogen) atoms. The molecular weight excluding hydrogens is 1790 g/mol. The average Bonchev–Trinajstić information content (AvgIpc) is 1.53. The molecule has 3 aliphatic carbocycles. The summed E-state index contributed by atoms with van der Waals surface area (Å²) in [5.41, 5.74) is 42.4. The van der Waals surface area contributed by atoms with Gasteiger partial charge in [-0.15, -0.1) is 0 Å². The maximum atomic E-state index is 6.47. The third-order valence-electron chi connectivity index (χ3n) is 32.4. The number of benzene rings is 24. The zero-order valence-electron chi connectivity index (χ0n) is 78.9. The van der Waals surface area contributed by atoms with Gasteiger partial charge in [-0.1, -0.05) is 309 Å². The average molecular weight is 1870 g/mol. The maximum Gasteiger partial charge on any atom is 0.136 e. The molecule has 0 bridgehead atoms. The minimum atomic E-state index is 0.912. The lowest BCUT2D eigenvalue weighted by Crippen LogP contribution is -1.96. The van der Waals surface area contributed by atoms with Crippen LogP contribution in [0, 0.1) is 0 Å². The van der Waals surface area contributed by atoms with Crippen LogP contribution < -0.4 is 0 Å². The number of furan rings is 3. The second-order valence-corrected chi connectivity index (χ2v) is 39.8. The molecule has 678 valence electrons. The van der Waals surface area contributed by atoms with Gasteiger partial charge in [-0.3, -0.25) is 0 Å². The van der Waals surface area contributed by atoms with Crippen LogP contribution in [0.3, 0.4) is 0 Å². The van der Waals surface area contributed by atoms with Crippen molar-refractivity contribution in [1.29, 1.82) is 0 Å². The SMILES string of the molecule is c1ccc(-n2c3ccc4oc5ccccc5c4c3c3ccc4c(c5ccccc5n4-c4cc5c6c(cccc6c4)-c4ccccc4-5)c32)cc1.c1ccc(-n2c3ccc4oc5ccccc5c4c3c3ccc4c(c5ccccc5n4-c4ccc5c(c4)-c4cccc6cccc-5c46)c32)cc1.c1ccc(-n2c3ccccc3c3c2ccc2c4c5c(ccc4n(-c4cc6c7c(cccc7c4)-c4ccccc4-6)c23)oc2ccccc25)cc1. The summed E-state index contributed by atoms with van der Waals surface area (Å²) in [6, 6.07) is 172. The summed E-state index contributed by atoms with van der Waals surface area (Å²) in [7, 11) is 0. The van der Waals surface area contributed by atoms with Crippen molar-refractivity contribution in [3.8, 4) is 101 Å². The summed E-state index contributed by atoms with van der Waals surface area (Å²) >= 11 is 0. The van der Waals surface area contributed by atoms with Crippen LogP contribution in [0.2, 0.25) is 0 Å². The predicted octanol–water partition coefficient (Wildman–Crippen LogP) is 37.7. The number of fused-ring (bicyclic) bond motifs is 42. The largest absolute Gasteiger partial charge is 0.456 e. The zero-order chi connectivity index (χ0) is 95.4. The fourth-order valence-electron chi connectivity index (χ4n) is 26.7. The number of para-hydroxylation sites is 9. The van der Waals surface area contributed by atoms with Gasteiger partial charge in [0.05, 0.1) is 66.2 Å². The third kappa shape index (κ3) is 10.7. The smallest absolute Gasteiger partial charge is 0.136 e. The van der Waals surface area contributed by atoms with Crippen molar-refractivity contribution in [2.75, 3.05) is 0 Å². The van der Waals surface area contributed by atoms with Crippen molar-refractivity contribution in [2.24, 2.45) is 0 Å². The molecule has 36 rings (SSSR count).